The highest BCUT2D eigenvalue weighted by molar-refractivity contribution is 6.39. The summed E-state index contributed by atoms with van der Waals surface area (Å²) in [7, 11) is 3.05. The zero-order chi connectivity index (χ0) is 14.3. The van der Waals surface area contributed by atoms with Gasteiger partial charge in [-0.05, 0) is 0 Å². The number of rotatable bonds is 6. The second-order valence-corrected chi connectivity index (χ2v) is 4.10. The van der Waals surface area contributed by atoms with Crippen molar-refractivity contribution in [1.29, 1.82) is 0 Å². The maximum Gasteiger partial charge on any atom is 0.270 e. The Morgan fingerprint density at radius 2 is 2.21 bits per heavy atom. The zero-order valence-electron chi connectivity index (χ0n) is 11.1. The molecule has 8 heteroatoms. The summed E-state index contributed by atoms with van der Waals surface area (Å²) in [6, 6.07) is 0. The highest BCUT2D eigenvalue weighted by Gasteiger charge is 2.22. The molecule has 1 rings (SSSR count). The SMILES string of the molecule is COCCNC(=O)CN(C)C(=O)C1=NNC(=O)CC1. The first kappa shape index (κ1) is 15.1. The molecular formula is C11H18N4O4. The minimum absolute atomic E-state index is 0.0600. The highest BCUT2D eigenvalue weighted by atomic mass is 16.5. The minimum Gasteiger partial charge on any atom is -0.383 e. The number of hydrazone groups is 1. The lowest BCUT2D eigenvalue weighted by Gasteiger charge is -2.19. The van der Waals surface area contributed by atoms with Crippen LogP contribution < -0.4 is 10.7 Å². The molecule has 0 bridgehead atoms. The maximum atomic E-state index is 11.9. The second kappa shape index (κ2) is 7.47. The molecular weight excluding hydrogens is 252 g/mol. The molecule has 0 fully saturated rings. The standard InChI is InChI=1S/C11H18N4O4/c1-15(7-10(17)12-5-6-19-2)11(18)8-3-4-9(16)14-13-8/h3-7H2,1-2H3,(H,12,17)(H,14,16). The Bertz CT molecular complexity index is 394. The van der Waals surface area contributed by atoms with Crippen molar-refractivity contribution in [3.63, 3.8) is 0 Å². The molecule has 0 radical (unpaired) electrons. The molecule has 0 aromatic heterocycles. The molecule has 0 aromatic rings. The zero-order valence-corrected chi connectivity index (χ0v) is 11.1. The molecule has 19 heavy (non-hydrogen) atoms. The lowest BCUT2D eigenvalue weighted by Crippen LogP contribution is -2.43. The van der Waals surface area contributed by atoms with Gasteiger partial charge in [0, 0.05) is 33.5 Å². The van der Waals surface area contributed by atoms with E-state index in [1.165, 1.54) is 19.1 Å². The lowest BCUT2D eigenvalue weighted by atomic mass is 10.1. The molecule has 0 saturated heterocycles. The van der Waals surface area contributed by atoms with Crippen molar-refractivity contribution in [2.75, 3.05) is 33.9 Å². The van der Waals surface area contributed by atoms with E-state index in [1.807, 2.05) is 0 Å². The van der Waals surface area contributed by atoms with Crippen molar-refractivity contribution in [3.8, 4) is 0 Å². The fourth-order valence-electron chi connectivity index (χ4n) is 1.48. The summed E-state index contributed by atoms with van der Waals surface area (Å²) in [5.74, 6) is -0.841. The summed E-state index contributed by atoms with van der Waals surface area (Å²) in [6.07, 6.45) is 0.527. The van der Waals surface area contributed by atoms with E-state index in [2.05, 4.69) is 15.8 Å². The fraction of sp³-hybridized carbons (Fsp3) is 0.636. The summed E-state index contributed by atoms with van der Waals surface area (Å²) in [6.45, 7) is 0.756. The Morgan fingerprint density at radius 1 is 1.47 bits per heavy atom. The van der Waals surface area contributed by atoms with Crippen LogP contribution >= 0.6 is 0 Å². The summed E-state index contributed by atoms with van der Waals surface area (Å²) in [4.78, 5) is 35.6. The summed E-state index contributed by atoms with van der Waals surface area (Å²) >= 11 is 0. The lowest BCUT2D eigenvalue weighted by molar-refractivity contribution is -0.130. The van der Waals surface area contributed by atoms with E-state index in [-0.39, 0.29) is 36.4 Å². The smallest absolute Gasteiger partial charge is 0.270 e. The van der Waals surface area contributed by atoms with Gasteiger partial charge in [0.15, 0.2) is 0 Å². The van der Waals surface area contributed by atoms with Crippen molar-refractivity contribution in [2.45, 2.75) is 12.8 Å². The Morgan fingerprint density at radius 3 is 2.79 bits per heavy atom. The summed E-state index contributed by atoms with van der Waals surface area (Å²) in [5.41, 5.74) is 2.50. The molecule has 2 N–H and O–H groups in total. The topological polar surface area (TPSA) is 100 Å². The van der Waals surface area contributed by atoms with E-state index in [0.717, 1.165) is 0 Å². The van der Waals surface area contributed by atoms with Gasteiger partial charge < -0.3 is 15.0 Å². The number of carbonyl (C=O) groups excluding carboxylic acids is 3. The van der Waals surface area contributed by atoms with Crippen LogP contribution in [-0.2, 0) is 19.1 Å². The van der Waals surface area contributed by atoms with E-state index in [9.17, 15) is 14.4 Å². The van der Waals surface area contributed by atoms with Crippen molar-refractivity contribution in [1.82, 2.24) is 15.6 Å². The highest BCUT2D eigenvalue weighted by Crippen LogP contribution is 2.02. The van der Waals surface area contributed by atoms with Crippen molar-refractivity contribution < 1.29 is 19.1 Å². The quantitative estimate of drug-likeness (QED) is 0.572. The predicted molar refractivity (Wildman–Crippen MR) is 67.3 cm³/mol. The van der Waals surface area contributed by atoms with Gasteiger partial charge in [-0.1, -0.05) is 0 Å². The van der Waals surface area contributed by atoms with Gasteiger partial charge in [0.05, 0.1) is 13.2 Å². The van der Waals surface area contributed by atoms with Gasteiger partial charge in [0.2, 0.25) is 11.8 Å². The molecule has 8 nitrogen and oxygen atoms in total. The Hall–Kier alpha value is -1.96. The summed E-state index contributed by atoms with van der Waals surface area (Å²) < 4.78 is 4.80. The van der Waals surface area contributed by atoms with Crippen LogP contribution in [-0.4, -0.2) is 62.2 Å². The van der Waals surface area contributed by atoms with Crippen LogP contribution in [0.4, 0.5) is 0 Å². The average Bonchev–Trinajstić information content (AvgIpc) is 2.39. The van der Waals surface area contributed by atoms with E-state index in [4.69, 9.17) is 4.74 Å². The molecule has 1 aliphatic heterocycles. The molecule has 1 heterocycles. The maximum absolute atomic E-state index is 11.9. The van der Waals surface area contributed by atoms with Gasteiger partial charge in [0.25, 0.3) is 5.91 Å². The number of nitrogens with one attached hydrogen (secondary N) is 2. The third-order valence-electron chi connectivity index (χ3n) is 2.51. The first-order chi connectivity index (χ1) is 9.04. The molecule has 3 amide bonds. The van der Waals surface area contributed by atoms with Gasteiger partial charge in [-0.3, -0.25) is 14.4 Å². The van der Waals surface area contributed by atoms with Crippen molar-refractivity contribution >= 4 is 23.4 Å². The van der Waals surface area contributed by atoms with Crippen molar-refractivity contribution in [3.05, 3.63) is 0 Å². The number of carbonyl (C=O) groups is 3. The van der Waals surface area contributed by atoms with Crippen LogP contribution in [0.15, 0.2) is 5.10 Å². The molecule has 0 saturated carbocycles. The van der Waals surface area contributed by atoms with Gasteiger partial charge in [0.1, 0.15) is 5.71 Å². The van der Waals surface area contributed by atoms with Gasteiger partial charge in [-0.25, -0.2) is 5.43 Å². The molecule has 0 atom stereocenters. The molecule has 0 unspecified atom stereocenters. The van der Waals surface area contributed by atoms with E-state index in [1.54, 1.807) is 0 Å². The van der Waals surface area contributed by atoms with Crippen LogP contribution in [0.25, 0.3) is 0 Å². The molecule has 0 spiro atoms. The third-order valence-corrected chi connectivity index (χ3v) is 2.51. The van der Waals surface area contributed by atoms with Crippen LogP contribution in [0.2, 0.25) is 0 Å². The number of amides is 3. The summed E-state index contributed by atoms with van der Waals surface area (Å²) in [5, 5.41) is 6.30. The third kappa shape index (κ3) is 5.04. The van der Waals surface area contributed by atoms with Crippen LogP contribution in [0.3, 0.4) is 0 Å². The number of nitrogens with zero attached hydrogens (tertiary/aromatic N) is 2. The number of likely N-dealkylation sites (N-methyl/N-ethyl adjacent to an activating group) is 1. The number of hydrogen-bond acceptors (Lipinski definition) is 5. The van der Waals surface area contributed by atoms with Crippen molar-refractivity contribution in [2.24, 2.45) is 5.10 Å². The fourth-order valence-corrected chi connectivity index (χ4v) is 1.48. The number of hydrogen-bond donors (Lipinski definition) is 2. The molecule has 0 aromatic carbocycles. The minimum atomic E-state index is -0.359. The van der Waals surface area contributed by atoms with Crippen LogP contribution in [0.5, 0.6) is 0 Å². The first-order valence-electron chi connectivity index (χ1n) is 5.91. The van der Waals surface area contributed by atoms with E-state index < -0.39 is 0 Å². The van der Waals surface area contributed by atoms with E-state index >= 15 is 0 Å². The predicted octanol–water partition coefficient (Wildman–Crippen LogP) is -1.53. The number of methoxy groups -OCH3 is 1. The Kier molecular flexibility index (Phi) is 5.94. The average molecular weight is 270 g/mol. The van der Waals surface area contributed by atoms with E-state index in [0.29, 0.717) is 19.6 Å². The largest absolute Gasteiger partial charge is 0.383 e. The monoisotopic (exact) mass is 270 g/mol. The van der Waals surface area contributed by atoms with Gasteiger partial charge in [-0.15, -0.1) is 0 Å². The van der Waals surface area contributed by atoms with Gasteiger partial charge in [-0.2, -0.15) is 5.10 Å². The normalized spacial score (nSPS) is 14.4. The molecule has 1 aliphatic rings. The molecule has 106 valence electrons. The number of ether oxygens (including phenoxy) is 1. The van der Waals surface area contributed by atoms with Crippen LogP contribution in [0, 0.1) is 0 Å². The Labute approximate surface area is 111 Å². The second-order valence-electron chi connectivity index (χ2n) is 4.10. The van der Waals surface area contributed by atoms with Gasteiger partial charge >= 0.3 is 0 Å². The molecule has 0 aliphatic carbocycles. The first-order valence-corrected chi connectivity index (χ1v) is 5.91. The van der Waals surface area contributed by atoms with Crippen LogP contribution in [0.1, 0.15) is 12.8 Å². The Balaban J connectivity index is 2.40.